The fourth-order valence-electron chi connectivity index (χ4n) is 5.24. The number of aliphatic hydroxyl groups excluding tert-OH is 3. The zero-order chi connectivity index (χ0) is 37.7. The van der Waals surface area contributed by atoms with Gasteiger partial charge in [-0.2, -0.15) is 0 Å². The Bertz CT molecular complexity index is 1480. The highest BCUT2D eigenvalue weighted by atomic mass is 16.6. The summed E-state index contributed by atoms with van der Waals surface area (Å²) in [5.74, 6) is -6.59. The van der Waals surface area contributed by atoms with Crippen LogP contribution in [0.2, 0.25) is 0 Å². The van der Waals surface area contributed by atoms with Gasteiger partial charge in [-0.1, -0.05) is 56.3 Å². The minimum absolute atomic E-state index is 0.0156. The van der Waals surface area contributed by atoms with Crippen molar-refractivity contribution in [2.75, 3.05) is 26.2 Å². The number of carboxylic acids is 1. The molecule has 1 unspecified atom stereocenters. The van der Waals surface area contributed by atoms with Crippen molar-refractivity contribution < 1.29 is 59.3 Å². The van der Waals surface area contributed by atoms with Gasteiger partial charge in [-0.15, -0.1) is 0 Å². The second-order valence-electron chi connectivity index (χ2n) is 12.8. The lowest BCUT2D eigenvalue weighted by molar-refractivity contribution is -0.318. The molecule has 3 rings (SSSR count). The van der Waals surface area contributed by atoms with Gasteiger partial charge in [0.2, 0.25) is 29.4 Å². The Hall–Kier alpha value is -4.65. The molecule has 0 radical (unpaired) electrons. The number of amides is 4. The van der Waals surface area contributed by atoms with Crippen LogP contribution in [0.3, 0.4) is 0 Å². The largest absolute Gasteiger partial charge is 0.508 e. The highest BCUT2D eigenvalue weighted by Gasteiger charge is 2.48. The maximum absolute atomic E-state index is 13.2. The zero-order valence-electron chi connectivity index (χ0n) is 28.3. The molecule has 51 heavy (non-hydrogen) atoms. The number of benzene rings is 2. The molecule has 2 aromatic rings. The number of hydrogen-bond donors (Lipinski definition) is 11. The summed E-state index contributed by atoms with van der Waals surface area (Å²) < 4.78 is 5.14. The molecule has 280 valence electrons. The average molecular weight is 718 g/mol. The molecule has 17 nitrogen and oxygen atoms in total. The van der Waals surface area contributed by atoms with Crippen molar-refractivity contribution in [3.63, 3.8) is 0 Å². The van der Waals surface area contributed by atoms with Crippen LogP contribution in [0.25, 0.3) is 0 Å². The molecule has 1 aliphatic rings. The number of carboxylic acid groups (broad SMARTS) is 1. The second kappa shape index (κ2) is 19.1. The molecule has 0 aliphatic carbocycles. The maximum Gasteiger partial charge on any atom is 0.326 e. The molecule has 0 spiro atoms. The lowest BCUT2D eigenvalue weighted by Crippen LogP contribution is -2.65. The molecule has 1 aliphatic heterocycles. The van der Waals surface area contributed by atoms with E-state index in [4.69, 9.17) is 4.74 Å². The van der Waals surface area contributed by atoms with Gasteiger partial charge in [0.05, 0.1) is 32.3 Å². The number of aromatic hydroxyl groups is 1. The molecule has 0 bridgehead atoms. The van der Waals surface area contributed by atoms with Gasteiger partial charge in [0, 0.05) is 6.42 Å². The van der Waals surface area contributed by atoms with Gasteiger partial charge in [0.15, 0.2) is 0 Å². The number of hydrogen-bond acceptors (Lipinski definition) is 12. The molecule has 1 saturated heterocycles. The Balaban J connectivity index is 1.59. The topological polar surface area (TPSA) is 276 Å². The van der Waals surface area contributed by atoms with Crippen LogP contribution in [0.1, 0.15) is 31.4 Å². The van der Waals surface area contributed by atoms with E-state index in [1.54, 1.807) is 42.5 Å². The van der Waals surface area contributed by atoms with Crippen molar-refractivity contribution in [2.24, 2.45) is 5.92 Å². The van der Waals surface area contributed by atoms with Crippen molar-refractivity contribution in [2.45, 2.75) is 75.3 Å². The third-order valence-electron chi connectivity index (χ3n) is 8.10. The summed E-state index contributed by atoms with van der Waals surface area (Å²) in [5.41, 5.74) is 1.27. The van der Waals surface area contributed by atoms with Gasteiger partial charge in [-0.25, -0.2) is 4.79 Å². The van der Waals surface area contributed by atoms with Crippen molar-refractivity contribution in [3.05, 3.63) is 65.7 Å². The zero-order valence-corrected chi connectivity index (χ0v) is 28.3. The SMILES string of the molecule is CC(C)C[C@H](NC(=O)[C@H](Cc1ccccc1)NC(=O)CNC(=O)CNC(=O)[C@H](Cc1ccc(O)cc1)NCC1(O)OC[C@@H](O)[C@H](O)[C@@H]1O)C(=O)O. The van der Waals surface area contributed by atoms with E-state index in [0.29, 0.717) is 11.1 Å². The van der Waals surface area contributed by atoms with Crippen LogP contribution in [0, 0.1) is 5.92 Å². The van der Waals surface area contributed by atoms with Crippen molar-refractivity contribution in [1.82, 2.24) is 26.6 Å². The molecular formula is C34H47N5O12. The van der Waals surface area contributed by atoms with Gasteiger partial charge in [0.1, 0.15) is 36.1 Å². The lowest BCUT2D eigenvalue weighted by Gasteiger charge is -2.42. The molecule has 1 heterocycles. The highest BCUT2D eigenvalue weighted by Crippen LogP contribution is 2.24. The molecule has 11 N–H and O–H groups in total. The molecule has 0 saturated carbocycles. The fourth-order valence-corrected chi connectivity index (χ4v) is 5.24. The maximum atomic E-state index is 13.2. The Morgan fingerprint density at radius 2 is 1.41 bits per heavy atom. The van der Waals surface area contributed by atoms with Gasteiger partial charge in [-0.05, 0) is 42.0 Å². The molecule has 7 atom stereocenters. The predicted molar refractivity (Wildman–Crippen MR) is 180 cm³/mol. The first-order valence-electron chi connectivity index (χ1n) is 16.4. The number of carbonyl (C=O) groups excluding carboxylic acids is 4. The molecule has 2 aromatic carbocycles. The first-order valence-corrected chi connectivity index (χ1v) is 16.4. The van der Waals surface area contributed by atoms with Crippen LogP contribution in [0.5, 0.6) is 5.75 Å². The Kier molecular flexibility index (Phi) is 15.3. The van der Waals surface area contributed by atoms with Crippen molar-refractivity contribution in [3.8, 4) is 5.75 Å². The van der Waals surface area contributed by atoms with Gasteiger partial charge >= 0.3 is 5.97 Å². The van der Waals surface area contributed by atoms with Crippen LogP contribution in [-0.4, -0.2) is 129 Å². The summed E-state index contributed by atoms with van der Waals surface area (Å²) in [7, 11) is 0. The number of aliphatic hydroxyl groups is 4. The van der Waals surface area contributed by atoms with E-state index in [2.05, 4.69) is 26.6 Å². The smallest absolute Gasteiger partial charge is 0.326 e. The molecule has 4 amide bonds. The number of rotatable bonds is 18. The van der Waals surface area contributed by atoms with E-state index in [0.717, 1.165) is 0 Å². The summed E-state index contributed by atoms with van der Waals surface area (Å²) in [6.45, 7) is 1.40. The quantitative estimate of drug-likeness (QED) is 0.0749. The van der Waals surface area contributed by atoms with E-state index in [-0.39, 0.29) is 30.9 Å². The minimum Gasteiger partial charge on any atom is -0.508 e. The monoisotopic (exact) mass is 717 g/mol. The normalized spacial score (nSPS) is 21.9. The number of nitrogens with one attached hydrogen (secondary N) is 5. The third-order valence-corrected chi connectivity index (χ3v) is 8.10. The predicted octanol–water partition coefficient (Wildman–Crippen LogP) is -2.73. The van der Waals surface area contributed by atoms with E-state index < -0.39 is 98.1 Å². The summed E-state index contributed by atoms with van der Waals surface area (Å²) in [4.78, 5) is 63.5. The van der Waals surface area contributed by atoms with Crippen molar-refractivity contribution in [1.29, 1.82) is 0 Å². The highest BCUT2D eigenvalue weighted by molar-refractivity contribution is 5.93. The minimum atomic E-state index is -2.37. The van der Waals surface area contributed by atoms with Gasteiger partial charge in [-0.3, -0.25) is 19.2 Å². The van der Waals surface area contributed by atoms with Gasteiger partial charge < -0.3 is 62.0 Å². The van der Waals surface area contributed by atoms with Crippen LogP contribution >= 0.6 is 0 Å². The Morgan fingerprint density at radius 3 is 2.04 bits per heavy atom. The van der Waals surface area contributed by atoms with Crippen molar-refractivity contribution >= 4 is 29.6 Å². The van der Waals surface area contributed by atoms with Gasteiger partial charge in [0.25, 0.3) is 0 Å². The fraction of sp³-hybridized carbons (Fsp3) is 0.500. The first kappa shape index (κ1) is 40.8. The molecule has 1 fully saturated rings. The Labute approximate surface area is 294 Å². The third kappa shape index (κ3) is 12.9. The second-order valence-corrected chi connectivity index (χ2v) is 12.8. The van der Waals surface area contributed by atoms with E-state index in [9.17, 15) is 54.6 Å². The summed E-state index contributed by atoms with van der Waals surface area (Å²) in [6.07, 6.45) is -4.88. The first-order chi connectivity index (χ1) is 24.1. The van der Waals surface area contributed by atoms with Crippen LogP contribution in [-0.2, 0) is 41.6 Å². The number of phenolic OH excluding ortho intramolecular Hbond substituents is 1. The van der Waals surface area contributed by atoms with Crippen LogP contribution < -0.4 is 26.6 Å². The molecule has 0 aromatic heterocycles. The molecular weight excluding hydrogens is 670 g/mol. The van der Waals surface area contributed by atoms with E-state index in [1.807, 2.05) is 13.8 Å². The number of phenols is 1. The van der Waals surface area contributed by atoms with E-state index in [1.165, 1.54) is 12.1 Å². The lowest BCUT2D eigenvalue weighted by atomic mass is 9.96. The summed E-state index contributed by atoms with van der Waals surface area (Å²) in [6, 6.07) is 11.1. The number of aliphatic carboxylic acids is 1. The van der Waals surface area contributed by atoms with E-state index >= 15 is 0 Å². The number of ether oxygens (including phenoxy) is 1. The molecule has 17 heteroatoms. The Morgan fingerprint density at radius 1 is 0.804 bits per heavy atom. The summed E-state index contributed by atoms with van der Waals surface area (Å²) in [5, 5.41) is 72.4. The van der Waals surface area contributed by atoms with Crippen LogP contribution in [0.15, 0.2) is 54.6 Å². The number of carbonyl (C=O) groups is 5. The summed E-state index contributed by atoms with van der Waals surface area (Å²) >= 11 is 0. The standard InChI is InChI=1S/C34H47N5O12/c1-19(2)12-25(33(48)49)39-32(47)24(14-20-6-4-3-5-7-20)38-28(43)16-35-27(42)15-36-31(46)23(13-21-8-10-22(40)11-9-21)37-18-34(50)30(45)29(44)26(41)17-51-34/h3-11,19,23-26,29-30,37,40-41,44-45,50H,12-18H2,1-2H3,(H,35,42)(H,36,46)(H,38,43)(H,39,47)(H,48,49)/t23-,24-,25-,26+,29-,30-,34?/m0/s1. The average Bonchev–Trinajstić information content (AvgIpc) is 3.09. The van der Waals surface area contributed by atoms with Crippen LogP contribution in [0.4, 0.5) is 0 Å².